The van der Waals surface area contributed by atoms with Gasteiger partial charge in [-0.05, 0) is 43.9 Å². The molecular formula is C15H20ClFN2O2. The van der Waals surface area contributed by atoms with Crippen LogP contribution >= 0.6 is 11.6 Å². The van der Waals surface area contributed by atoms with Crippen LogP contribution in [0.15, 0.2) is 18.2 Å². The summed E-state index contributed by atoms with van der Waals surface area (Å²) in [4.78, 5) is 11.8. The lowest BCUT2D eigenvalue weighted by Crippen LogP contribution is -2.33. The molecule has 1 aliphatic carbocycles. The Kier molecular flexibility index (Phi) is 5.96. The van der Waals surface area contributed by atoms with E-state index in [1.807, 2.05) is 0 Å². The Morgan fingerprint density at radius 2 is 2.10 bits per heavy atom. The minimum absolute atomic E-state index is 0.00499. The normalized spacial score (nSPS) is 22.0. The average molecular weight is 315 g/mol. The summed E-state index contributed by atoms with van der Waals surface area (Å²) in [6.07, 6.45) is 4.15. The number of amides is 1. The number of rotatable bonds is 5. The van der Waals surface area contributed by atoms with Crippen molar-refractivity contribution in [3.63, 3.8) is 0 Å². The Morgan fingerprint density at radius 1 is 1.38 bits per heavy atom. The largest absolute Gasteiger partial charge is 0.376 e. The van der Waals surface area contributed by atoms with E-state index in [9.17, 15) is 9.18 Å². The summed E-state index contributed by atoms with van der Waals surface area (Å²) >= 11 is 5.57. The summed E-state index contributed by atoms with van der Waals surface area (Å²) in [5, 5.41) is 2.70. The monoisotopic (exact) mass is 314 g/mol. The van der Waals surface area contributed by atoms with E-state index in [0.717, 1.165) is 31.7 Å². The van der Waals surface area contributed by atoms with Crippen LogP contribution in [0, 0.1) is 5.82 Å². The molecule has 0 unspecified atom stereocenters. The van der Waals surface area contributed by atoms with Crippen LogP contribution in [-0.4, -0.2) is 31.2 Å². The van der Waals surface area contributed by atoms with Gasteiger partial charge in [-0.2, -0.15) is 0 Å². The first-order valence-electron chi connectivity index (χ1n) is 7.16. The van der Waals surface area contributed by atoms with Gasteiger partial charge in [-0.25, -0.2) is 4.39 Å². The van der Waals surface area contributed by atoms with Crippen molar-refractivity contribution in [2.75, 3.05) is 13.2 Å². The highest BCUT2D eigenvalue weighted by Crippen LogP contribution is 2.19. The molecule has 0 atom stereocenters. The summed E-state index contributed by atoms with van der Waals surface area (Å²) in [6, 6.07) is 4.28. The second kappa shape index (κ2) is 7.73. The molecule has 2 rings (SSSR count). The number of hydrogen-bond donors (Lipinski definition) is 2. The molecule has 0 heterocycles. The molecule has 0 aromatic heterocycles. The van der Waals surface area contributed by atoms with Crippen LogP contribution < -0.4 is 11.1 Å². The average Bonchev–Trinajstić information content (AvgIpc) is 2.48. The van der Waals surface area contributed by atoms with Gasteiger partial charge in [0.1, 0.15) is 5.82 Å². The van der Waals surface area contributed by atoms with Crippen molar-refractivity contribution in [2.45, 2.75) is 37.8 Å². The van der Waals surface area contributed by atoms with Crippen LogP contribution in [0.1, 0.15) is 36.0 Å². The third-order valence-electron chi connectivity index (χ3n) is 3.64. The fourth-order valence-corrected chi connectivity index (χ4v) is 2.50. The zero-order valence-electron chi connectivity index (χ0n) is 11.8. The van der Waals surface area contributed by atoms with Crippen molar-refractivity contribution in [2.24, 2.45) is 5.73 Å². The Balaban J connectivity index is 1.68. The van der Waals surface area contributed by atoms with Crippen molar-refractivity contribution in [3.8, 4) is 0 Å². The van der Waals surface area contributed by atoms with Crippen molar-refractivity contribution >= 4 is 17.5 Å². The lowest BCUT2D eigenvalue weighted by atomic mass is 9.94. The zero-order chi connectivity index (χ0) is 15.2. The molecule has 1 fully saturated rings. The summed E-state index contributed by atoms with van der Waals surface area (Å²) < 4.78 is 19.0. The lowest BCUT2D eigenvalue weighted by Gasteiger charge is -2.26. The molecule has 1 aromatic rings. The molecule has 3 N–H and O–H groups in total. The molecule has 6 heteroatoms. The predicted molar refractivity (Wildman–Crippen MR) is 79.9 cm³/mol. The Hall–Kier alpha value is -1.17. The molecule has 4 nitrogen and oxygen atoms in total. The Morgan fingerprint density at radius 3 is 2.76 bits per heavy atom. The lowest BCUT2D eigenvalue weighted by molar-refractivity contribution is 0.0267. The minimum atomic E-state index is -0.598. The number of halogens is 2. The Labute approximate surface area is 128 Å². The molecule has 1 amide bonds. The molecule has 21 heavy (non-hydrogen) atoms. The van der Waals surface area contributed by atoms with Gasteiger partial charge in [-0.1, -0.05) is 11.6 Å². The first kappa shape index (κ1) is 16.2. The van der Waals surface area contributed by atoms with Crippen molar-refractivity contribution in [1.82, 2.24) is 5.32 Å². The van der Waals surface area contributed by atoms with Crippen LogP contribution in [-0.2, 0) is 4.74 Å². The van der Waals surface area contributed by atoms with E-state index in [1.54, 1.807) is 0 Å². The van der Waals surface area contributed by atoms with Crippen molar-refractivity contribution in [1.29, 1.82) is 0 Å². The van der Waals surface area contributed by atoms with Gasteiger partial charge in [-0.15, -0.1) is 0 Å². The smallest absolute Gasteiger partial charge is 0.251 e. The molecule has 0 aliphatic heterocycles. The molecule has 116 valence electrons. The van der Waals surface area contributed by atoms with Crippen LogP contribution in [0.2, 0.25) is 5.02 Å². The van der Waals surface area contributed by atoms with Gasteiger partial charge in [0.15, 0.2) is 0 Å². The number of hydrogen-bond acceptors (Lipinski definition) is 3. The van der Waals surface area contributed by atoms with E-state index in [4.69, 9.17) is 22.1 Å². The van der Waals surface area contributed by atoms with Gasteiger partial charge >= 0.3 is 0 Å². The quantitative estimate of drug-likeness (QED) is 0.821. The summed E-state index contributed by atoms with van der Waals surface area (Å²) in [7, 11) is 0. The number of carbonyl (C=O) groups excluding carboxylic acids is 1. The molecule has 1 aromatic carbocycles. The molecule has 1 aliphatic rings. The van der Waals surface area contributed by atoms with Gasteiger partial charge in [0.2, 0.25) is 0 Å². The Bertz CT molecular complexity index is 491. The standard InChI is InChI=1S/C15H20ClFN2O2/c16-13-6-1-10(9-14(13)17)15(20)19-7-8-21-12-4-2-11(18)3-5-12/h1,6,9,11-12H,2-5,7-8,18H2,(H,19,20). The van der Waals surface area contributed by atoms with E-state index in [0.29, 0.717) is 19.2 Å². The highest BCUT2D eigenvalue weighted by Gasteiger charge is 2.18. The summed E-state index contributed by atoms with van der Waals surface area (Å²) in [6.45, 7) is 0.841. The molecule has 0 radical (unpaired) electrons. The number of nitrogens with one attached hydrogen (secondary N) is 1. The van der Waals surface area contributed by atoms with Crippen LogP contribution in [0.25, 0.3) is 0 Å². The second-order valence-corrected chi connectivity index (χ2v) is 5.70. The third kappa shape index (κ3) is 4.95. The first-order chi connectivity index (χ1) is 10.1. The van der Waals surface area contributed by atoms with Gasteiger partial charge in [0, 0.05) is 18.2 Å². The van der Waals surface area contributed by atoms with Gasteiger partial charge in [0.25, 0.3) is 5.91 Å². The summed E-state index contributed by atoms with van der Waals surface area (Å²) in [5.74, 6) is -0.932. The first-order valence-corrected chi connectivity index (χ1v) is 7.54. The van der Waals surface area contributed by atoms with E-state index in [2.05, 4.69) is 5.32 Å². The zero-order valence-corrected chi connectivity index (χ0v) is 12.5. The predicted octanol–water partition coefficient (Wildman–Crippen LogP) is 2.50. The van der Waals surface area contributed by atoms with Gasteiger partial charge < -0.3 is 15.8 Å². The molecule has 0 bridgehead atoms. The minimum Gasteiger partial charge on any atom is -0.376 e. The fraction of sp³-hybridized carbons (Fsp3) is 0.533. The van der Waals surface area contributed by atoms with E-state index >= 15 is 0 Å². The fourth-order valence-electron chi connectivity index (χ4n) is 2.38. The molecule has 1 saturated carbocycles. The molecular weight excluding hydrogens is 295 g/mol. The van der Waals surface area contributed by atoms with Crippen molar-refractivity contribution < 1.29 is 13.9 Å². The molecule has 0 spiro atoms. The third-order valence-corrected chi connectivity index (χ3v) is 3.95. The van der Waals surface area contributed by atoms with Gasteiger partial charge in [0.05, 0.1) is 17.7 Å². The number of benzene rings is 1. The maximum Gasteiger partial charge on any atom is 0.251 e. The van der Waals surface area contributed by atoms with Crippen LogP contribution in [0.5, 0.6) is 0 Å². The van der Waals surface area contributed by atoms with Crippen LogP contribution in [0.4, 0.5) is 4.39 Å². The second-order valence-electron chi connectivity index (χ2n) is 5.29. The highest BCUT2D eigenvalue weighted by atomic mass is 35.5. The van der Waals surface area contributed by atoms with Gasteiger partial charge in [-0.3, -0.25) is 4.79 Å². The number of ether oxygens (including phenoxy) is 1. The SMILES string of the molecule is NC1CCC(OCCNC(=O)c2ccc(Cl)c(F)c2)CC1. The maximum absolute atomic E-state index is 13.3. The maximum atomic E-state index is 13.3. The van der Waals surface area contributed by atoms with Crippen LogP contribution in [0.3, 0.4) is 0 Å². The highest BCUT2D eigenvalue weighted by molar-refractivity contribution is 6.30. The van der Waals surface area contributed by atoms with Crippen molar-refractivity contribution in [3.05, 3.63) is 34.6 Å². The van der Waals surface area contributed by atoms with E-state index in [1.165, 1.54) is 12.1 Å². The topological polar surface area (TPSA) is 64.3 Å². The van der Waals surface area contributed by atoms with E-state index < -0.39 is 5.82 Å². The van der Waals surface area contributed by atoms with E-state index in [-0.39, 0.29) is 22.6 Å². The summed E-state index contributed by atoms with van der Waals surface area (Å²) in [5.41, 5.74) is 6.08. The number of carbonyl (C=O) groups is 1. The molecule has 0 saturated heterocycles. The number of nitrogens with two attached hydrogens (primary N) is 1.